The molecule has 1 aromatic carbocycles. The number of aromatic nitrogens is 3. The van der Waals surface area contributed by atoms with Crippen molar-refractivity contribution in [3.8, 4) is 11.4 Å². The quantitative estimate of drug-likeness (QED) is 0.701. The Hall–Kier alpha value is -1.99. The summed E-state index contributed by atoms with van der Waals surface area (Å²) in [6, 6.07) is 11.9. The lowest BCUT2D eigenvalue weighted by atomic mass is 10.1. The summed E-state index contributed by atoms with van der Waals surface area (Å²) in [5.74, 6) is 1.22. The molecule has 3 heterocycles. The van der Waals surface area contributed by atoms with Crippen LogP contribution in [0.2, 0.25) is 5.02 Å². The van der Waals surface area contributed by atoms with E-state index in [4.69, 9.17) is 16.1 Å². The topological polar surface area (TPSA) is 67.1 Å². The second-order valence-corrected chi connectivity index (χ2v) is 6.75. The van der Waals surface area contributed by atoms with E-state index in [-0.39, 0.29) is 12.4 Å². The molecule has 0 aliphatic carbocycles. The zero-order chi connectivity index (χ0) is 17.8. The van der Waals surface area contributed by atoms with Crippen LogP contribution in [-0.2, 0) is 6.42 Å². The number of halogens is 2. The summed E-state index contributed by atoms with van der Waals surface area (Å²) in [7, 11) is 0. The van der Waals surface area contributed by atoms with Gasteiger partial charge in [0.1, 0.15) is 0 Å². The fourth-order valence-corrected chi connectivity index (χ4v) is 3.45. The van der Waals surface area contributed by atoms with Gasteiger partial charge in [0.05, 0.1) is 0 Å². The second kappa shape index (κ2) is 9.28. The van der Waals surface area contributed by atoms with E-state index in [1.54, 1.807) is 6.20 Å². The van der Waals surface area contributed by atoms with Gasteiger partial charge >= 0.3 is 0 Å². The molecule has 2 aromatic heterocycles. The molecule has 1 aliphatic rings. The van der Waals surface area contributed by atoms with E-state index in [9.17, 15) is 0 Å². The van der Waals surface area contributed by atoms with Gasteiger partial charge < -0.3 is 9.84 Å². The molecule has 1 unspecified atom stereocenters. The minimum atomic E-state index is 0. The first-order valence-electron chi connectivity index (χ1n) is 8.73. The minimum Gasteiger partial charge on any atom is -0.339 e. The van der Waals surface area contributed by atoms with Gasteiger partial charge in [0.25, 0.3) is 0 Å². The standard InChI is InChI=1S/C19H20ClN5O.ClH/c20-16-5-1-3-14(11-16)19-23-18(26-24-19)6-9-25-10-8-22-13-17(25)15-4-2-7-21-12-15;/h1-5,7,11-12,17,22H,6,8-10,13H2;1H. The minimum absolute atomic E-state index is 0. The molecule has 27 heavy (non-hydrogen) atoms. The molecule has 4 rings (SSSR count). The average molecular weight is 406 g/mol. The predicted molar refractivity (Wildman–Crippen MR) is 107 cm³/mol. The summed E-state index contributed by atoms with van der Waals surface area (Å²) in [5, 5.41) is 8.20. The number of piperazine rings is 1. The molecule has 3 aromatic rings. The van der Waals surface area contributed by atoms with Gasteiger partial charge in [0, 0.05) is 61.6 Å². The van der Waals surface area contributed by atoms with Crippen molar-refractivity contribution >= 4 is 24.0 Å². The van der Waals surface area contributed by atoms with Crippen molar-refractivity contribution in [2.45, 2.75) is 12.5 Å². The highest BCUT2D eigenvalue weighted by atomic mass is 35.5. The summed E-state index contributed by atoms with van der Waals surface area (Å²) < 4.78 is 5.43. The molecule has 1 saturated heterocycles. The van der Waals surface area contributed by atoms with Crippen LogP contribution in [0.3, 0.4) is 0 Å². The maximum Gasteiger partial charge on any atom is 0.228 e. The molecule has 1 atom stereocenters. The van der Waals surface area contributed by atoms with Crippen LogP contribution in [0.25, 0.3) is 11.4 Å². The number of benzene rings is 1. The van der Waals surface area contributed by atoms with E-state index in [0.717, 1.165) is 31.7 Å². The van der Waals surface area contributed by atoms with Gasteiger partial charge in [-0.2, -0.15) is 4.98 Å². The maximum atomic E-state index is 6.03. The zero-order valence-electron chi connectivity index (χ0n) is 14.7. The largest absolute Gasteiger partial charge is 0.339 e. The van der Waals surface area contributed by atoms with Crippen molar-refractivity contribution in [2.24, 2.45) is 0 Å². The number of nitrogens with zero attached hydrogens (tertiary/aromatic N) is 4. The normalized spacial score (nSPS) is 17.4. The van der Waals surface area contributed by atoms with Gasteiger partial charge in [-0.3, -0.25) is 9.88 Å². The Kier molecular flexibility index (Phi) is 6.79. The Morgan fingerprint density at radius 1 is 1.26 bits per heavy atom. The van der Waals surface area contributed by atoms with Crippen LogP contribution >= 0.6 is 24.0 Å². The first-order valence-corrected chi connectivity index (χ1v) is 9.10. The van der Waals surface area contributed by atoms with Crippen LogP contribution in [0.5, 0.6) is 0 Å². The smallest absolute Gasteiger partial charge is 0.228 e. The Bertz CT molecular complexity index is 858. The van der Waals surface area contributed by atoms with Crippen LogP contribution in [-0.4, -0.2) is 46.2 Å². The molecule has 1 N–H and O–H groups in total. The highest BCUT2D eigenvalue weighted by molar-refractivity contribution is 6.30. The number of hydrogen-bond donors (Lipinski definition) is 1. The lowest BCUT2D eigenvalue weighted by molar-refractivity contribution is 0.159. The van der Waals surface area contributed by atoms with Gasteiger partial charge in [0.15, 0.2) is 0 Å². The van der Waals surface area contributed by atoms with Gasteiger partial charge in [-0.15, -0.1) is 12.4 Å². The van der Waals surface area contributed by atoms with E-state index < -0.39 is 0 Å². The predicted octanol–water partition coefficient (Wildman–Crippen LogP) is 3.40. The zero-order valence-corrected chi connectivity index (χ0v) is 16.3. The molecular weight excluding hydrogens is 385 g/mol. The molecular formula is C19H21Cl2N5O. The molecule has 0 spiro atoms. The van der Waals surface area contributed by atoms with Crippen LogP contribution in [0.15, 0.2) is 53.3 Å². The van der Waals surface area contributed by atoms with E-state index in [2.05, 4.69) is 31.4 Å². The van der Waals surface area contributed by atoms with E-state index in [1.807, 2.05) is 36.5 Å². The van der Waals surface area contributed by atoms with E-state index in [0.29, 0.717) is 29.2 Å². The van der Waals surface area contributed by atoms with Gasteiger partial charge in [0.2, 0.25) is 11.7 Å². The van der Waals surface area contributed by atoms with Crippen molar-refractivity contribution in [3.63, 3.8) is 0 Å². The van der Waals surface area contributed by atoms with Gasteiger partial charge in [-0.1, -0.05) is 35.0 Å². The molecule has 0 radical (unpaired) electrons. The van der Waals surface area contributed by atoms with Crippen molar-refractivity contribution < 1.29 is 4.52 Å². The third kappa shape index (κ3) is 4.84. The lowest BCUT2D eigenvalue weighted by Crippen LogP contribution is -2.46. The first-order chi connectivity index (χ1) is 12.8. The Morgan fingerprint density at radius 2 is 2.19 bits per heavy atom. The average Bonchev–Trinajstić information content (AvgIpc) is 3.16. The second-order valence-electron chi connectivity index (χ2n) is 6.31. The fourth-order valence-electron chi connectivity index (χ4n) is 3.26. The number of nitrogens with one attached hydrogen (secondary N) is 1. The lowest BCUT2D eigenvalue weighted by Gasteiger charge is -2.36. The Labute approximate surface area is 169 Å². The van der Waals surface area contributed by atoms with Crippen molar-refractivity contribution in [2.75, 3.05) is 26.2 Å². The molecule has 6 nitrogen and oxygen atoms in total. The summed E-state index contributed by atoms with van der Waals surface area (Å²) in [4.78, 5) is 11.2. The first kappa shape index (κ1) is 19.8. The summed E-state index contributed by atoms with van der Waals surface area (Å²) in [6.07, 6.45) is 4.46. The van der Waals surface area contributed by atoms with Crippen molar-refractivity contribution in [1.29, 1.82) is 0 Å². The highest BCUT2D eigenvalue weighted by Gasteiger charge is 2.24. The van der Waals surface area contributed by atoms with Gasteiger partial charge in [-0.25, -0.2) is 0 Å². The third-order valence-corrected chi connectivity index (χ3v) is 4.82. The fraction of sp³-hybridized carbons (Fsp3) is 0.316. The summed E-state index contributed by atoms with van der Waals surface area (Å²) in [5.41, 5.74) is 2.09. The molecule has 0 saturated carbocycles. The van der Waals surface area contributed by atoms with E-state index >= 15 is 0 Å². The monoisotopic (exact) mass is 405 g/mol. The number of hydrogen-bond acceptors (Lipinski definition) is 6. The van der Waals surface area contributed by atoms with E-state index in [1.165, 1.54) is 5.56 Å². The van der Waals surface area contributed by atoms with Crippen LogP contribution < -0.4 is 5.32 Å². The highest BCUT2D eigenvalue weighted by Crippen LogP contribution is 2.23. The summed E-state index contributed by atoms with van der Waals surface area (Å²) in [6.45, 7) is 3.74. The Balaban J connectivity index is 0.00000210. The Morgan fingerprint density at radius 3 is 3.00 bits per heavy atom. The summed E-state index contributed by atoms with van der Waals surface area (Å²) >= 11 is 6.03. The SMILES string of the molecule is Cl.Clc1cccc(-c2noc(CCN3CCNCC3c3cccnc3)n2)c1. The molecule has 0 amide bonds. The van der Waals surface area contributed by atoms with Gasteiger partial charge in [-0.05, 0) is 23.8 Å². The molecule has 1 aliphatic heterocycles. The molecule has 1 fully saturated rings. The number of rotatable bonds is 5. The van der Waals surface area contributed by atoms with Crippen molar-refractivity contribution in [3.05, 3.63) is 65.3 Å². The third-order valence-electron chi connectivity index (χ3n) is 4.59. The maximum absolute atomic E-state index is 6.03. The van der Waals surface area contributed by atoms with Crippen molar-refractivity contribution in [1.82, 2.24) is 25.3 Å². The van der Waals surface area contributed by atoms with Crippen LogP contribution in [0.1, 0.15) is 17.5 Å². The van der Waals surface area contributed by atoms with Crippen LogP contribution in [0.4, 0.5) is 0 Å². The molecule has 142 valence electrons. The van der Waals surface area contributed by atoms with Crippen LogP contribution in [0, 0.1) is 0 Å². The number of pyridine rings is 1. The molecule has 8 heteroatoms. The molecule has 0 bridgehead atoms.